The van der Waals surface area contributed by atoms with Gasteiger partial charge in [-0.25, -0.2) is 0 Å². The standard InChI is InChI=1S/C8H11IO2/c9-8-2-1-5(4-8)3-6(8)7(10)11/h5-6H,1-4H2,(H,10,11)/p-1. The molecular weight excluding hydrogens is 255 g/mol. The van der Waals surface area contributed by atoms with Crippen molar-refractivity contribution in [2.24, 2.45) is 11.8 Å². The van der Waals surface area contributed by atoms with E-state index < -0.39 is 5.97 Å². The molecule has 62 valence electrons. The Balaban J connectivity index is 2.21. The molecule has 3 heteroatoms. The summed E-state index contributed by atoms with van der Waals surface area (Å²) >= 11 is 2.33. The van der Waals surface area contributed by atoms with Crippen LogP contribution >= 0.6 is 22.6 Å². The smallest absolute Gasteiger partial charge is 0.0458 e. The molecule has 0 heterocycles. The van der Waals surface area contributed by atoms with Crippen molar-refractivity contribution >= 4 is 28.6 Å². The Morgan fingerprint density at radius 2 is 2.36 bits per heavy atom. The van der Waals surface area contributed by atoms with E-state index >= 15 is 0 Å². The third-order valence-electron chi connectivity index (χ3n) is 3.07. The normalized spacial score (nSPS) is 48.1. The molecule has 0 aliphatic heterocycles. The lowest BCUT2D eigenvalue weighted by Crippen LogP contribution is -2.40. The molecule has 3 atom stereocenters. The SMILES string of the molecule is O=C([O-])C1CC2CCC1(I)C2. The maximum absolute atomic E-state index is 10.7. The molecule has 11 heavy (non-hydrogen) atoms. The fourth-order valence-electron chi connectivity index (χ4n) is 2.50. The van der Waals surface area contributed by atoms with Gasteiger partial charge in [-0.05, 0) is 31.6 Å². The van der Waals surface area contributed by atoms with Crippen molar-refractivity contribution in [3.8, 4) is 0 Å². The molecule has 2 nitrogen and oxygen atoms in total. The highest BCUT2D eigenvalue weighted by Crippen LogP contribution is 2.56. The molecule has 2 aliphatic carbocycles. The Hall–Kier alpha value is 0.200. The van der Waals surface area contributed by atoms with Crippen LogP contribution in [0.25, 0.3) is 0 Å². The Morgan fingerprint density at radius 3 is 2.64 bits per heavy atom. The predicted octanol–water partition coefficient (Wildman–Crippen LogP) is 0.730. The predicted molar refractivity (Wildman–Crippen MR) is 47.2 cm³/mol. The molecule has 2 fully saturated rings. The summed E-state index contributed by atoms with van der Waals surface area (Å²) in [7, 11) is 0. The highest BCUT2D eigenvalue weighted by molar-refractivity contribution is 14.1. The van der Waals surface area contributed by atoms with Gasteiger partial charge in [-0.3, -0.25) is 0 Å². The van der Waals surface area contributed by atoms with Crippen molar-refractivity contribution in [3.63, 3.8) is 0 Å². The van der Waals surface area contributed by atoms with Gasteiger partial charge in [0.15, 0.2) is 0 Å². The Bertz CT molecular complexity index is 204. The van der Waals surface area contributed by atoms with Crippen LogP contribution in [0.2, 0.25) is 0 Å². The maximum Gasteiger partial charge on any atom is 0.0458 e. The number of hydrogen-bond acceptors (Lipinski definition) is 2. The van der Waals surface area contributed by atoms with Gasteiger partial charge >= 0.3 is 0 Å². The van der Waals surface area contributed by atoms with E-state index in [0.29, 0.717) is 5.92 Å². The number of carbonyl (C=O) groups excluding carboxylic acids is 1. The molecule has 0 saturated heterocycles. The first-order valence-electron chi connectivity index (χ1n) is 4.01. The summed E-state index contributed by atoms with van der Waals surface area (Å²) in [5, 5.41) is 10.7. The van der Waals surface area contributed by atoms with Gasteiger partial charge in [0.2, 0.25) is 0 Å². The van der Waals surface area contributed by atoms with Crippen molar-refractivity contribution in [2.75, 3.05) is 0 Å². The average Bonchev–Trinajstić information content (AvgIpc) is 2.41. The number of rotatable bonds is 1. The number of alkyl halides is 1. The second-order valence-electron chi connectivity index (χ2n) is 3.75. The third-order valence-corrected chi connectivity index (χ3v) is 4.81. The number of carboxylic acids is 1. The van der Waals surface area contributed by atoms with E-state index in [0.717, 1.165) is 19.3 Å². The first kappa shape index (κ1) is 7.83. The summed E-state index contributed by atoms with van der Waals surface area (Å²) in [4.78, 5) is 10.7. The summed E-state index contributed by atoms with van der Waals surface area (Å²) in [6, 6.07) is 0. The molecule has 0 N–H and O–H groups in total. The number of halogens is 1. The summed E-state index contributed by atoms with van der Waals surface area (Å²) in [5.41, 5.74) is 0. The molecule has 0 spiro atoms. The number of aliphatic carboxylic acids is 1. The molecule has 0 amide bonds. The van der Waals surface area contributed by atoms with Crippen molar-refractivity contribution in [1.29, 1.82) is 0 Å². The quantitative estimate of drug-likeness (QED) is 0.518. The van der Waals surface area contributed by atoms with Crippen LogP contribution in [0, 0.1) is 11.8 Å². The van der Waals surface area contributed by atoms with E-state index in [-0.39, 0.29) is 9.34 Å². The highest BCUT2D eigenvalue weighted by Gasteiger charge is 2.50. The van der Waals surface area contributed by atoms with Crippen LogP contribution in [0.3, 0.4) is 0 Å². The molecule has 0 aromatic heterocycles. The lowest BCUT2D eigenvalue weighted by atomic mass is 9.89. The van der Waals surface area contributed by atoms with E-state index in [1.54, 1.807) is 0 Å². The topological polar surface area (TPSA) is 40.1 Å². The number of carbonyl (C=O) groups is 1. The average molecular weight is 265 g/mol. The molecule has 2 rings (SSSR count). The molecule has 0 aromatic rings. The van der Waals surface area contributed by atoms with Gasteiger partial charge in [0, 0.05) is 15.3 Å². The summed E-state index contributed by atoms with van der Waals surface area (Å²) in [5.74, 6) is -0.321. The Labute approximate surface area is 79.5 Å². The number of fused-ring (bicyclic) bond motifs is 2. The zero-order valence-electron chi connectivity index (χ0n) is 6.18. The van der Waals surface area contributed by atoms with E-state index in [2.05, 4.69) is 22.6 Å². The van der Waals surface area contributed by atoms with E-state index in [9.17, 15) is 9.90 Å². The van der Waals surface area contributed by atoms with Crippen LogP contribution in [0.1, 0.15) is 25.7 Å². The van der Waals surface area contributed by atoms with Crippen LogP contribution in [0.4, 0.5) is 0 Å². The van der Waals surface area contributed by atoms with Gasteiger partial charge in [0.1, 0.15) is 0 Å². The minimum absolute atomic E-state index is 0.0568. The second-order valence-corrected chi connectivity index (χ2v) is 5.90. The monoisotopic (exact) mass is 265 g/mol. The van der Waals surface area contributed by atoms with Gasteiger partial charge in [-0.1, -0.05) is 22.6 Å². The van der Waals surface area contributed by atoms with Crippen molar-refractivity contribution in [1.82, 2.24) is 0 Å². The zero-order valence-corrected chi connectivity index (χ0v) is 8.34. The van der Waals surface area contributed by atoms with Gasteiger partial charge in [-0.2, -0.15) is 0 Å². The van der Waals surface area contributed by atoms with E-state index in [4.69, 9.17) is 0 Å². The molecule has 2 saturated carbocycles. The van der Waals surface area contributed by atoms with E-state index in [1.807, 2.05) is 0 Å². The van der Waals surface area contributed by atoms with Crippen molar-refractivity contribution < 1.29 is 9.90 Å². The van der Waals surface area contributed by atoms with Crippen LogP contribution in [-0.4, -0.2) is 9.39 Å². The fourth-order valence-corrected chi connectivity index (χ4v) is 3.94. The summed E-state index contributed by atoms with van der Waals surface area (Å²) < 4.78 is 0.0568. The number of carboxylic acid groups (broad SMARTS) is 1. The molecular formula is C8H10IO2-. The Morgan fingerprint density at radius 1 is 1.64 bits per heavy atom. The maximum atomic E-state index is 10.7. The zero-order chi connectivity index (χ0) is 8.06. The highest BCUT2D eigenvalue weighted by atomic mass is 127. The number of hydrogen-bond donors (Lipinski definition) is 0. The Kier molecular flexibility index (Phi) is 1.67. The third kappa shape index (κ3) is 1.08. The van der Waals surface area contributed by atoms with Crippen LogP contribution < -0.4 is 5.11 Å². The molecule has 0 aromatic carbocycles. The first-order chi connectivity index (χ1) is 5.12. The fraction of sp³-hybridized carbons (Fsp3) is 0.875. The molecule has 0 radical (unpaired) electrons. The minimum atomic E-state index is -0.832. The minimum Gasteiger partial charge on any atom is -0.550 e. The van der Waals surface area contributed by atoms with Crippen LogP contribution in [0.5, 0.6) is 0 Å². The first-order valence-corrected chi connectivity index (χ1v) is 5.09. The van der Waals surface area contributed by atoms with Crippen molar-refractivity contribution in [2.45, 2.75) is 29.1 Å². The van der Waals surface area contributed by atoms with Gasteiger partial charge in [-0.15, -0.1) is 0 Å². The molecule has 3 unspecified atom stereocenters. The van der Waals surface area contributed by atoms with Gasteiger partial charge < -0.3 is 9.90 Å². The van der Waals surface area contributed by atoms with Crippen molar-refractivity contribution in [3.05, 3.63) is 0 Å². The largest absolute Gasteiger partial charge is 0.550 e. The van der Waals surface area contributed by atoms with Crippen LogP contribution in [-0.2, 0) is 4.79 Å². The second kappa shape index (κ2) is 2.34. The van der Waals surface area contributed by atoms with E-state index in [1.165, 1.54) is 6.42 Å². The van der Waals surface area contributed by atoms with Gasteiger partial charge in [0.25, 0.3) is 0 Å². The lowest BCUT2D eigenvalue weighted by Gasteiger charge is -2.30. The molecule has 2 aliphatic rings. The summed E-state index contributed by atoms with van der Waals surface area (Å²) in [6.45, 7) is 0. The van der Waals surface area contributed by atoms with Crippen LogP contribution in [0.15, 0.2) is 0 Å². The molecule has 2 bridgehead atoms. The summed E-state index contributed by atoms with van der Waals surface area (Å²) in [6.07, 6.45) is 4.28. The lowest BCUT2D eigenvalue weighted by molar-refractivity contribution is -0.312. The van der Waals surface area contributed by atoms with Gasteiger partial charge in [0.05, 0.1) is 0 Å².